The Hall–Kier alpha value is -0.120. The van der Waals surface area contributed by atoms with Gasteiger partial charge in [-0.2, -0.15) is 0 Å². The molecule has 3 N–H and O–H groups in total. The largest absolute Gasteiger partial charge is 0.392 e. The van der Waals surface area contributed by atoms with E-state index in [1.54, 1.807) is 11.9 Å². The highest BCUT2D eigenvalue weighted by atomic mass is 16.3. The molecule has 1 aliphatic heterocycles. The molecule has 1 fully saturated rings. The van der Waals surface area contributed by atoms with Crippen LogP contribution in [0.2, 0.25) is 0 Å². The van der Waals surface area contributed by atoms with Crippen LogP contribution in [0.5, 0.6) is 0 Å². The molecule has 1 saturated heterocycles. The highest BCUT2D eigenvalue weighted by Crippen LogP contribution is 2.15. The second-order valence-electron chi connectivity index (χ2n) is 2.69. The summed E-state index contributed by atoms with van der Waals surface area (Å²) in [5.41, 5.74) is 0. The molecule has 0 aliphatic carbocycles. The lowest BCUT2D eigenvalue weighted by Crippen LogP contribution is -2.42. The van der Waals surface area contributed by atoms with E-state index in [4.69, 9.17) is 10.9 Å². The fourth-order valence-corrected chi connectivity index (χ4v) is 1.33. The van der Waals surface area contributed by atoms with Gasteiger partial charge in [-0.15, -0.1) is 0 Å². The molecule has 9 heavy (non-hydrogen) atoms. The molecule has 0 aromatic carbocycles. The smallest absolute Gasteiger partial charge is 0.0681 e. The van der Waals surface area contributed by atoms with Crippen LogP contribution in [0.25, 0.3) is 0 Å². The van der Waals surface area contributed by atoms with Crippen LogP contribution < -0.4 is 5.84 Å². The third-order valence-corrected chi connectivity index (χ3v) is 1.90. The zero-order chi connectivity index (χ0) is 6.85. The van der Waals surface area contributed by atoms with Gasteiger partial charge in [-0.3, -0.25) is 5.84 Å². The summed E-state index contributed by atoms with van der Waals surface area (Å²) in [7, 11) is 0. The molecule has 0 saturated carbocycles. The SMILES string of the molecule is C[C@H](O)[C@@H]1CCCN1N. The van der Waals surface area contributed by atoms with Gasteiger partial charge in [0, 0.05) is 12.6 Å². The summed E-state index contributed by atoms with van der Waals surface area (Å²) in [6, 6.07) is 0.199. The summed E-state index contributed by atoms with van der Waals surface area (Å²) in [6.45, 7) is 2.71. The molecular formula is C6H14N2O. The number of aliphatic hydroxyl groups excluding tert-OH is 1. The molecule has 3 nitrogen and oxygen atoms in total. The Labute approximate surface area is 55.4 Å². The van der Waals surface area contributed by atoms with E-state index < -0.39 is 0 Å². The van der Waals surface area contributed by atoms with Crippen LogP contribution in [0.4, 0.5) is 0 Å². The molecule has 2 atom stereocenters. The molecule has 1 aliphatic rings. The fourth-order valence-electron chi connectivity index (χ4n) is 1.33. The van der Waals surface area contributed by atoms with Crippen molar-refractivity contribution in [1.29, 1.82) is 0 Å². The van der Waals surface area contributed by atoms with E-state index in [9.17, 15) is 0 Å². The van der Waals surface area contributed by atoms with Crippen LogP contribution in [-0.4, -0.2) is 28.8 Å². The lowest BCUT2D eigenvalue weighted by molar-refractivity contribution is 0.0871. The van der Waals surface area contributed by atoms with Gasteiger partial charge >= 0.3 is 0 Å². The molecule has 1 rings (SSSR count). The average Bonchev–Trinajstić information content (AvgIpc) is 2.13. The second-order valence-corrected chi connectivity index (χ2v) is 2.69. The number of aliphatic hydroxyl groups is 1. The summed E-state index contributed by atoms with van der Waals surface area (Å²) in [4.78, 5) is 0. The Morgan fingerprint density at radius 3 is 2.67 bits per heavy atom. The first-order valence-electron chi connectivity index (χ1n) is 3.41. The Balaban J connectivity index is 2.40. The van der Waals surface area contributed by atoms with Crippen molar-refractivity contribution in [2.75, 3.05) is 6.54 Å². The van der Waals surface area contributed by atoms with Crippen LogP contribution in [-0.2, 0) is 0 Å². The number of hydrazine groups is 1. The first kappa shape index (κ1) is 6.99. The van der Waals surface area contributed by atoms with Gasteiger partial charge < -0.3 is 5.11 Å². The van der Waals surface area contributed by atoms with E-state index in [1.807, 2.05) is 0 Å². The van der Waals surface area contributed by atoms with Crippen LogP contribution in [0.1, 0.15) is 19.8 Å². The summed E-state index contributed by atoms with van der Waals surface area (Å²) < 4.78 is 0. The molecule has 0 aromatic heterocycles. The first-order chi connectivity index (χ1) is 4.22. The molecule has 0 unspecified atom stereocenters. The first-order valence-corrected chi connectivity index (χ1v) is 3.41. The number of hydrogen-bond donors (Lipinski definition) is 2. The quantitative estimate of drug-likeness (QED) is 0.479. The number of nitrogens with zero attached hydrogens (tertiary/aromatic N) is 1. The molecule has 0 bridgehead atoms. The van der Waals surface area contributed by atoms with E-state index in [0.29, 0.717) is 0 Å². The average molecular weight is 130 g/mol. The van der Waals surface area contributed by atoms with E-state index in [0.717, 1.165) is 19.4 Å². The summed E-state index contributed by atoms with van der Waals surface area (Å²) >= 11 is 0. The fraction of sp³-hybridized carbons (Fsp3) is 1.00. The van der Waals surface area contributed by atoms with Crippen molar-refractivity contribution in [3.05, 3.63) is 0 Å². The van der Waals surface area contributed by atoms with Gasteiger partial charge in [0.25, 0.3) is 0 Å². The minimum absolute atomic E-state index is 0.199. The van der Waals surface area contributed by atoms with Gasteiger partial charge in [0.1, 0.15) is 0 Å². The maximum absolute atomic E-state index is 9.10. The Morgan fingerprint density at radius 1 is 1.78 bits per heavy atom. The highest BCUT2D eigenvalue weighted by molar-refractivity contribution is 4.78. The molecule has 0 radical (unpaired) electrons. The minimum Gasteiger partial charge on any atom is -0.392 e. The molecular weight excluding hydrogens is 116 g/mol. The maximum Gasteiger partial charge on any atom is 0.0681 e. The minimum atomic E-state index is -0.280. The van der Waals surface area contributed by atoms with Crippen molar-refractivity contribution in [2.24, 2.45) is 5.84 Å². The Morgan fingerprint density at radius 2 is 2.44 bits per heavy atom. The van der Waals surface area contributed by atoms with Crippen molar-refractivity contribution < 1.29 is 5.11 Å². The van der Waals surface area contributed by atoms with Crippen molar-refractivity contribution in [3.8, 4) is 0 Å². The van der Waals surface area contributed by atoms with Gasteiger partial charge in [0.15, 0.2) is 0 Å². The van der Waals surface area contributed by atoms with Gasteiger partial charge in [-0.05, 0) is 19.8 Å². The lowest BCUT2D eigenvalue weighted by Gasteiger charge is -2.20. The van der Waals surface area contributed by atoms with Crippen molar-refractivity contribution in [2.45, 2.75) is 31.9 Å². The van der Waals surface area contributed by atoms with Gasteiger partial charge in [0.2, 0.25) is 0 Å². The molecule has 0 amide bonds. The van der Waals surface area contributed by atoms with E-state index in [1.165, 1.54) is 0 Å². The summed E-state index contributed by atoms with van der Waals surface area (Å²) in [5, 5.41) is 10.8. The number of nitrogens with two attached hydrogens (primary N) is 1. The summed E-state index contributed by atoms with van der Waals surface area (Å²) in [5.74, 6) is 5.55. The van der Waals surface area contributed by atoms with Crippen LogP contribution in [0, 0.1) is 0 Å². The van der Waals surface area contributed by atoms with Gasteiger partial charge in [-0.1, -0.05) is 0 Å². The van der Waals surface area contributed by atoms with Crippen molar-refractivity contribution in [1.82, 2.24) is 5.01 Å². The normalized spacial score (nSPS) is 33.0. The van der Waals surface area contributed by atoms with Crippen molar-refractivity contribution >= 4 is 0 Å². The van der Waals surface area contributed by atoms with Crippen LogP contribution in [0.15, 0.2) is 0 Å². The third kappa shape index (κ3) is 1.41. The third-order valence-electron chi connectivity index (χ3n) is 1.90. The Kier molecular flexibility index (Phi) is 2.05. The lowest BCUT2D eigenvalue weighted by atomic mass is 10.1. The van der Waals surface area contributed by atoms with Crippen molar-refractivity contribution in [3.63, 3.8) is 0 Å². The van der Waals surface area contributed by atoms with Crippen LogP contribution in [0.3, 0.4) is 0 Å². The Bertz CT molecular complexity index is 95.1. The van der Waals surface area contributed by atoms with E-state index in [2.05, 4.69) is 0 Å². The predicted molar refractivity (Wildman–Crippen MR) is 35.6 cm³/mol. The number of rotatable bonds is 1. The van der Waals surface area contributed by atoms with Gasteiger partial charge in [-0.25, -0.2) is 5.01 Å². The molecule has 0 aromatic rings. The zero-order valence-electron chi connectivity index (χ0n) is 5.75. The standard InChI is InChI=1S/C6H14N2O/c1-5(9)6-3-2-4-8(6)7/h5-6,9H,2-4,7H2,1H3/t5-,6-/m0/s1. The molecule has 0 spiro atoms. The molecule has 3 heteroatoms. The molecule has 54 valence electrons. The van der Waals surface area contributed by atoms with E-state index >= 15 is 0 Å². The maximum atomic E-state index is 9.10. The monoisotopic (exact) mass is 130 g/mol. The zero-order valence-corrected chi connectivity index (χ0v) is 5.75. The second kappa shape index (κ2) is 2.64. The number of hydrogen-bond acceptors (Lipinski definition) is 3. The topological polar surface area (TPSA) is 49.5 Å². The van der Waals surface area contributed by atoms with E-state index in [-0.39, 0.29) is 12.1 Å². The highest BCUT2D eigenvalue weighted by Gasteiger charge is 2.25. The predicted octanol–water partition coefficient (Wildman–Crippen LogP) is -0.295. The van der Waals surface area contributed by atoms with Crippen LogP contribution >= 0.6 is 0 Å². The molecule has 1 heterocycles. The van der Waals surface area contributed by atoms with Gasteiger partial charge in [0.05, 0.1) is 6.10 Å². The summed E-state index contributed by atoms with van der Waals surface area (Å²) in [6.07, 6.45) is 1.87.